The predicted octanol–water partition coefficient (Wildman–Crippen LogP) is 4.42. The van der Waals surface area contributed by atoms with Crippen LogP contribution in [0.1, 0.15) is 11.1 Å². The molecule has 0 atom stereocenters. The van der Waals surface area contributed by atoms with Gasteiger partial charge in [0.2, 0.25) is 0 Å². The summed E-state index contributed by atoms with van der Waals surface area (Å²) in [5.41, 5.74) is 4.68. The van der Waals surface area contributed by atoms with Crippen molar-refractivity contribution in [2.24, 2.45) is 0 Å². The molecule has 118 valence electrons. The molecule has 0 amide bonds. The van der Waals surface area contributed by atoms with Crippen molar-refractivity contribution in [2.45, 2.75) is 13.1 Å². The van der Waals surface area contributed by atoms with Crippen LogP contribution in [-0.2, 0) is 13.1 Å². The molecule has 0 aliphatic rings. The summed E-state index contributed by atoms with van der Waals surface area (Å²) in [6.45, 7) is 1.72. The van der Waals surface area contributed by atoms with Crippen molar-refractivity contribution in [2.75, 3.05) is 7.05 Å². The van der Waals surface area contributed by atoms with Crippen molar-refractivity contribution in [3.05, 3.63) is 84.2 Å². The molecule has 0 saturated heterocycles. The van der Waals surface area contributed by atoms with Gasteiger partial charge in [0.1, 0.15) is 0 Å². The second-order valence-electron chi connectivity index (χ2n) is 6.16. The van der Waals surface area contributed by atoms with Gasteiger partial charge in [-0.3, -0.25) is 14.9 Å². The molecule has 2 aromatic carbocycles. The maximum atomic E-state index is 4.55. The fraction of sp³-hybridized carbons (Fsp3) is 0.143. The molecule has 2 heterocycles. The van der Waals surface area contributed by atoms with E-state index >= 15 is 0 Å². The van der Waals surface area contributed by atoms with Crippen LogP contribution in [0.5, 0.6) is 0 Å². The zero-order valence-electron chi connectivity index (χ0n) is 13.7. The number of hydrogen-bond donors (Lipinski definition) is 0. The van der Waals surface area contributed by atoms with E-state index in [1.807, 2.05) is 24.5 Å². The SMILES string of the molecule is CN(Cc1cccc2cccnc12)Cc1cccc2cccnc12. The standard InChI is InChI=1S/C21H19N3/c1-24(14-18-8-2-6-16-10-4-12-22-20(16)18)15-19-9-3-7-17-11-5-13-23-21(17)19/h2-13H,14-15H2,1H3. The van der Waals surface area contributed by atoms with E-state index < -0.39 is 0 Å². The van der Waals surface area contributed by atoms with Crippen molar-refractivity contribution in [1.29, 1.82) is 0 Å². The summed E-state index contributed by atoms with van der Waals surface area (Å²) in [4.78, 5) is 11.4. The van der Waals surface area contributed by atoms with Gasteiger partial charge in [-0.05, 0) is 30.3 Å². The Morgan fingerprint density at radius 2 is 1.12 bits per heavy atom. The molecule has 0 unspecified atom stereocenters. The number of para-hydroxylation sites is 2. The molecule has 0 fully saturated rings. The maximum absolute atomic E-state index is 4.55. The van der Waals surface area contributed by atoms with Crippen LogP contribution in [0.25, 0.3) is 21.8 Å². The predicted molar refractivity (Wildman–Crippen MR) is 98.7 cm³/mol. The van der Waals surface area contributed by atoms with Gasteiger partial charge in [-0.25, -0.2) is 0 Å². The first-order valence-electron chi connectivity index (χ1n) is 8.15. The van der Waals surface area contributed by atoms with Gasteiger partial charge in [-0.15, -0.1) is 0 Å². The van der Waals surface area contributed by atoms with Crippen LogP contribution in [0.3, 0.4) is 0 Å². The van der Waals surface area contributed by atoms with Crippen molar-refractivity contribution < 1.29 is 0 Å². The molecule has 3 nitrogen and oxygen atoms in total. The lowest BCUT2D eigenvalue weighted by Crippen LogP contribution is -2.18. The molecule has 24 heavy (non-hydrogen) atoms. The van der Waals surface area contributed by atoms with E-state index in [0.717, 1.165) is 24.1 Å². The molecule has 0 aliphatic carbocycles. The molecule has 0 bridgehead atoms. The van der Waals surface area contributed by atoms with E-state index in [0.29, 0.717) is 0 Å². The van der Waals surface area contributed by atoms with Gasteiger partial charge in [0.25, 0.3) is 0 Å². The summed E-state index contributed by atoms with van der Waals surface area (Å²) in [6.07, 6.45) is 3.72. The van der Waals surface area contributed by atoms with Crippen molar-refractivity contribution in [3.63, 3.8) is 0 Å². The average Bonchev–Trinajstić information content (AvgIpc) is 2.62. The largest absolute Gasteiger partial charge is 0.298 e. The molecule has 4 aromatic rings. The minimum atomic E-state index is 0.859. The summed E-state index contributed by atoms with van der Waals surface area (Å²) >= 11 is 0. The highest BCUT2D eigenvalue weighted by atomic mass is 15.1. The van der Waals surface area contributed by atoms with Gasteiger partial charge in [-0.2, -0.15) is 0 Å². The summed E-state index contributed by atoms with van der Waals surface area (Å²) in [6, 6.07) is 20.9. The first-order valence-corrected chi connectivity index (χ1v) is 8.15. The highest BCUT2D eigenvalue weighted by Crippen LogP contribution is 2.20. The van der Waals surface area contributed by atoms with Crippen LogP contribution >= 0.6 is 0 Å². The Hall–Kier alpha value is -2.78. The van der Waals surface area contributed by atoms with Crippen LogP contribution in [-0.4, -0.2) is 21.9 Å². The Balaban J connectivity index is 1.61. The lowest BCUT2D eigenvalue weighted by Gasteiger charge is -2.18. The third-order valence-corrected chi connectivity index (χ3v) is 4.31. The van der Waals surface area contributed by atoms with Gasteiger partial charge >= 0.3 is 0 Å². The fourth-order valence-electron chi connectivity index (χ4n) is 3.23. The van der Waals surface area contributed by atoms with Crippen molar-refractivity contribution in [1.82, 2.24) is 14.9 Å². The summed E-state index contributed by atoms with van der Waals surface area (Å²) in [7, 11) is 2.14. The van der Waals surface area contributed by atoms with Crippen molar-refractivity contribution >= 4 is 21.8 Å². The Labute approximate surface area is 141 Å². The maximum Gasteiger partial charge on any atom is 0.0746 e. The quantitative estimate of drug-likeness (QED) is 0.558. The van der Waals surface area contributed by atoms with Gasteiger partial charge in [0, 0.05) is 36.3 Å². The van der Waals surface area contributed by atoms with E-state index in [1.54, 1.807) is 0 Å². The minimum Gasteiger partial charge on any atom is -0.298 e. The Bertz CT molecular complexity index is 902. The van der Waals surface area contributed by atoms with Crippen LogP contribution in [0.15, 0.2) is 73.1 Å². The van der Waals surface area contributed by atoms with Gasteiger partial charge in [0.15, 0.2) is 0 Å². The number of pyridine rings is 2. The van der Waals surface area contributed by atoms with Crippen LogP contribution in [0, 0.1) is 0 Å². The monoisotopic (exact) mass is 313 g/mol. The molecule has 0 N–H and O–H groups in total. The molecule has 2 aromatic heterocycles. The smallest absolute Gasteiger partial charge is 0.0746 e. The molecule has 0 saturated carbocycles. The number of nitrogens with zero attached hydrogens (tertiary/aromatic N) is 3. The zero-order chi connectivity index (χ0) is 16.4. The third-order valence-electron chi connectivity index (χ3n) is 4.31. The topological polar surface area (TPSA) is 29.0 Å². The van der Waals surface area contributed by atoms with Gasteiger partial charge < -0.3 is 0 Å². The van der Waals surface area contributed by atoms with E-state index in [1.165, 1.54) is 21.9 Å². The Morgan fingerprint density at radius 1 is 0.667 bits per heavy atom. The van der Waals surface area contributed by atoms with Gasteiger partial charge in [-0.1, -0.05) is 48.5 Å². The molecular formula is C21H19N3. The Morgan fingerprint density at radius 3 is 1.62 bits per heavy atom. The molecule has 0 radical (unpaired) electrons. The second kappa shape index (κ2) is 6.38. The first-order chi connectivity index (χ1) is 11.8. The third kappa shape index (κ3) is 2.86. The molecule has 0 aliphatic heterocycles. The second-order valence-corrected chi connectivity index (χ2v) is 6.16. The summed E-state index contributed by atoms with van der Waals surface area (Å²) in [5.74, 6) is 0. The highest BCUT2D eigenvalue weighted by Gasteiger charge is 2.08. The molecule has 4 rings (SSSR count). The average molecular weight is 313 g/mol. The zero-order valence-corrected chi connectivity index (χ0v) is 13.7. The fourth-order valence-corrected chi connectivity index (χ4v) is 3.23. The lowest BCUT2D eigenvalue weighted by atomic mass is 10.1. The van der Waals surface area contributed by atoms with Crippen LogP contribution < -0.4 is 0 Å². The van der Waals surface area contributed by atoms with Crippen LogP contribution in [0.4, 0.5) is 0 Å². The molecule has 0 spiro atoms. The first kappa shape index (κ1) is 14.8. The van der Waals surface area contributed by atoms with Crippen LogP contribution in [0.2, 0.25) is 0 Å². The number of aromatic nitrogens is 2. The normalized spacial score (nSPS) is 11.4. The molecule has 3 heteroatoms. The van der Waals surface area contributed by atoms with Crippen molar-refractivity contribution in [3.8, 4) is 0 Å². The van der Waals surface area contributed by atoms with E-state index in [-0.39, 0.29) is 0 Å². The number of benzene rings is 2. The number of rotatable bonds is 4. The van der Waals surface area contributed by atoms with Gasteiger partial charge in [0.05, 0.1) is 11.0 Å². The van der Waals surface area contributed by atoms with E-state index in [2.05, 4.69) is 70.4 Å². The lowest BCUT2D eigenvalue weighted by molar-refractivity contribution is 0.321. The summed E-state index contributed by atoms with van der Waals surface area (Å²) in [5, 5.41) is 2.38. The highest BCUT2D eigenvalue weighted by molar-refractivity contribution is 5.82. The Kier molecular flexibility index (Phi) is 3.93. The van der Waals surface area contributed by atoms with E-state index in [9.17, 15) is 0 Å². The number of fused-ring (bicyclic) bond motifs is 2. The van der Waals surface area contributed by atoms with E-state index in [4.69, 9.17) is 0 Å². The minimum absolute atomic E-state index is 0.859. The number of hydrogen-bond acceptors (Lipinski definition) is 3. The summed E-state index contributed by atoms with van der Waals surface area (Å²) < 4.78 is 0. The molecular weight excluding hydrogens is 294 g/mol.